The zero-order valence-electron chi connectivity index (χ0n) is 12.2. The van der Waals surface area contributed by atoms with Crippen LogP contribution in [0, 0.1) is 11.8 Å². The van der Waals surface area contributed by atoms with E-state index < -0.39 is 6.17 Å². The van der Waals surface area contributed by atoms with E-state index in [4.69, 9.17) is 0 Å². The van der Waals surface area contributed by atoms with E-state index in [1.807, 2.05) is 0 Å². The monoisotopic (exact) mass is 255 g/mol. The molecule has 2 fully saturated rings. The Morgan fingerprint density at radius 1 is 0.778 bits per heavy atom. The van der Waals surface area contributed by atoms with Crippen molar-refractivity contribution < 1.29 is 4.39 Å². The van der Waals surface area contributed by atoms with Crippen molar-refractivity contribution in [2.45, 2.75) is 76.4 Å². The van der Waals surface area contributed by atoms with Crippen LogP contribution in [0.5, 0.6) is 0 Å². The van der Waals surface area contributed by atoms with Gasteiger partial charge in [0.25, 0.3) is 0 Å². The Balaban J connectivity index is 1.60. The van der Waals surface area contributed by atoms with Gasteiger partial charge in [-0.05, 0) is 77.3 Å². The SMILES string of the molecule is CN(C)C1CCC(CCC2CCC(F)CC2)CC1. The maximum absolute atomic E-state index is 13.1. The van der Waals surface area contributed by atoms with Crippen LogP contribution in [0.3, 0.4) is 0 Å². The number of halogens is 1. The first kappa shape index (κ1) is 14.3. The minimum atomic E-state index is -0.489. The largest absolute Gasteiger partial charge is 0.306 e. The van der Waals surface area contributed by atoms with Gasteiger partial charge in [-0.3, -0.25) is 0 Å². The fourth-order valence-corrected chi connectivity index (χ4v) is 3.83. The van der Waals surface area contributed by atoms with Gasteiger partial charge < -0.3 is 4.90 Å². The molecule has 18 heavy (non-hydrogen) atoms. The molecule has 2 rings (SSSR count). The zero-order valence-corrected chi connectivity index (χ0v) is 12.2. The van der Waals surface area contributed by atoms with Gasteiger partial charge in [-0.1, -0.05) is 12.8 Å². The minimum Gasteiger partial charge on any atom is -0.306 e. The van der Waals surface area contributed by atoms with Crippen molar-refractivity contribution in [3.8, 4) is 0 Å². The fraction of sp³-hybridized carbons (Fsp3) is 1.00. The molecule has 1 nitrogen and oxygen atoms in total. The summed E-state index contributed by atoms with van der Waals surface area (Å²) in [5.74, 6) is 1.80. The normalized spacial score (nSPS) is 38.0. The highest BCUT2D eigenvalue weighted by atomic mass is 19.1. The summed E-state index contributed by atoms with van der Waals surface area (Å²) in [5, 5.41) is 0. The van der Waals surface area contributed by atoms with Crippen molar-refractivity contribution in [2.24, 2.45) is 11.8 Å². The third kappa shape index (κ3) is 4.22. The Labute approximate surface area is 112 Å². The van der Waals surface area contributed by atoms with Crippen molar-refractivity contribution >= 4 is 0 Å². The van der Waals surface area contributed by atoms with Crippen LogP contribution in [0.25, 0.3) is 0 Å². The van der Waals surface area contributed by atoms with Gasteiger partial charge in [0.15, 0.2) is 0 Å². The summed E-state index contributed by atoms with van der Waals surface area (Å²) in [6, 6.07) is 0.822. The summed E-state index contributed by atoms with van der Waals surface area (Å²) in [6.45, 7) is 0. The number of rotatable bonds is 4. The molecule has 0 aromatic heterocycles. The molecule has 0 saturated heterocycles. The molecule has 0 bridgehead atoms. The molecule has 2 aliphatic carbocycles. The molecule has 2 saturated carbocycles. The van der Waals surface area contributed by atoms with E-state index in [2.05, 4.69) is 19.0 Å². The quantitative estimate of drug-likeness (QED) is 0.719. The second-order valence-corrected chi connectivity index (χ2v) is 6.83. The van der Waals surface area contributed by atoms with Gasteiger partial charge in [0.05, 0.1) is 0 Å². The van der Waals surface area contributed by atoms with Crippen LogP contribution in [-0.2, 0) is 0 Å². The molecular weight excluding hydrogens is 225 g/mol. The molecule has 106 valence electrons. The second kappa shape index (κ2) is 6.88. The number of alkyl halides is 1. The lowest BCUT2D eigenvalue weighted by molar-refractivity contribution is 0.168. The van der Waals surface area contributed by atoms with Gasteiger partial charge in [0.1, 0.15) is 6.17 Å². The summed E-state index contributed by atoms with van der Waals surface area (Å²) < 4.78 is 13.1. The van der Waals surface area contributed by atoms with E-state index in [9.17, 15) is 4.39 Å². The molecule has 2 heteroatoms. The Morgan fingerprint density at radius 3 is 1.67 bits per heavy atom. The van der Waals surface area contributed by atoms with Gasteiger partial charge in [-0.2, -0.15) is 0 Å². The van der Waals surface area contributed by atoms with Crippen molar-refractivity contribution in [1.82, 2.24) is 4.90 Å². The van der Waals surface area contributed by atoms with Crippen molar-refractivity contribution in [1.29, 1.82) is 0 Å². The molecule has 0 heterocycles. The molecule has 0 radical (unpaired) electrons. The zero-order chi connectivity index (χ0) is 13.0. The third-order valence-corrected chi connectivity index (χ3v) is 5.31. The number of hydrogen-bond donors (Lipinski definition) is 0. The first-order valence-corrected chi connectivity index (χ1v) is 7.95. The Morgan fingerprint density at radius 2 is 1.22 bits per heavy atom. The smallest absolute Gasteiger partial charge is 0.100 e. The lowest BCUT2D eigenvalue weighted by Crippen LogP contribution is -2.32. The Bertz CT molecular complexity index is 225. The lowest BCUT2D eigenvalue weighted by atomic mass is 9.78. The molecule has 0 aromatic rings. The van der Waals surface area contributed by atoms with E-state index in [1.165, 1.54) is 38.5 Å². The number of hydrogen-bond acceptors (Lipinski definition) is 1. The fourth-order valence-electron chi connectivity index (χ4n) is 3.83. The van der Waals surface area contributed by atoms with Gasteiger partial charge in [-0.25, -0.2) is 4.39 Å². The van der Waals surface area contributed by atoms with Crippen LogP contribution in [0.15, 0.2) is 0 Å². The first-order chi connectivity index (χ1) is 8.65. The maximum atomic E-state index is 13.1. The van der Waals surface area contributed by atoms with Gasteiger partial charge in [0.2, 0.25) is 0 Å². The van der Waals surface area contributed by atoms with E-state index in [1.54, 1.807) is 0 Å². The van der Waals surface area contributed by atoms with Crippen LogP contribution in [0.1, 0.15) is 64.2 Å². The summed E-state index contributed by atoms with van der Waals surface area (Å²) in [4.78, 5) is 2.39. The predicted molar refractivity (Wildman–Crippen MR) is 75.5 cm³/mol. The highest BCUT2D eigenvalue weighted by Crippen LogP contribution is 2.34. The summed E-state index contributed by atoms with van der Waals surface area (Å²) >= 11 is 0. The molecule has 0 atom stereocenters. The summed E-state index contributed by atoms with van der Waals surface area (Å²) in [6.07, 6.45) is 11.8. The van der Waals surface area contributed by atoms with Crippen molar-refractivity contribution in [2.75, 3.05) is 14.1 Å². The molecule has 0 spiro atoms. The third-order valence-electron chi connectivity index (χ3n) is 5.31. The second-order valence-electron chi connectivity index (χ2n) is 6.83. The van der Waals surface area contributed by atoms with Crippen molar-refractivity contribution in [3.05, 3.63) is 0 Å². The first-order valence-electron chi connectivity index (χ1n) is 7.95. The molecular formula is C16H30FN. The molecule has 2 aliphatic rings. The summed E-state index contributed by atoms with van der Waals surface area (Å²) in [5.41, 5.74) is 0. The number of nitrogens with zero attached hydrogens (tertiary/aromatic N) is 1. The van der Waals surface area contributed by atoms with Crippen molar-refractivity contribution in [3.63, 3.8) is 0 Å². The Kier molecular flexibility index (Phi) is 5.47. The van der Waals surface area contributed by atoms with E-state index in [0.29, 0.717) is 0 Å². The topological polar surface area (TPSA) is 3.24 Å². The van der Waals surface area contributed by atoms with E-state index >= 15 is 0 Å². The van der Waals surface area contributed by atoms with Crippen LogP contribution in [-0.4, -0.2) is 31.2 Å². The van der Waals surface area contributed by atoms with Crippen LogP contribution >= 0.6 is 0 Å². The van der Waals surface area contributed by atoms with Gasteiger partial charge >= 0.3 is 0 Å². The maximum Gasteiger partial charge on any atom is 0.100 e. The molecule has 0 aliphatic heterocycles. The van der Waals surface area contributed by atoms with Crippen LogP contribution in [0.4, 0.5) is 4.39 Å². The molecule has 0 N–H and O–H groups in total. The highest BCUT2D eigenvalue weighted by Gasteiger charge is 2.25. The molecule has 0 unspecified atom stereocenters. The van der Waals surface area contributed by atoms with E-state index in [-0.39, 0.29) is 0 Å². The average molecular weight is 255 g/mol. The molecule has 0 amide bonds. The van der Waals surface area contributed by atoms with Crippen LogP contribution < -0.4 is 0 Å². The molecule has 0 aromatic carbocycles. The van der Waals surface area contributed by atoms with Gasteiger partial charge in [-0.15, -0.1) is 0 Å². The standard InChI is InChI=1S/C16H30FN/c1-18(2)16-11-7-14(8-12-16)4-3-13-5-9-15(17)10-6-13/h13-16H,3-12H2,1-2H3. The van der Waals surface area contributed by atoms with E-state index in [0.717, 1.165) is 43.6 Å². The minimum absolute atomic E-state index is 0.489. The van der Waals surface area contributed by atoms with Gasteiger partial charge in [0, 0.05) is 6.04 Å². The Hall–Kier alpha value is -0.110. The van der Waals surface area contributed by atoms with Crippen LogP contribution in [0.2, 0.25) is 0 Å². The lowest BCUT2D eigenvalue weighted by Gasteiger charge is -2.33. The predicted octanol–water partition coefficient (Wildman–Crippen LogP) is 4.42. The summed E-state index contributed by atoms with van der Waals surface area (Å²) in [7, 11) is 4.42. The highest BCUT2D eigenvalue weighted by molar-refractivity contribution is 4.78. The average Bonchev–Trinajstić information content (AvgIpc) is 2.38.